The van der Waals surface area contributed by atoms with Crippen LogP contribution in [0.2, 0.25) is 0 Å². The Morgan fingerprint density at radius 2 is 2.00 bits per heavy atom. The zero-order valence-electron chi connectivity index (χ0n) is 10.9. The van der Waals surface area contributed by atoms with E-state index in [2.05, 4.69) is 21.2 Å². The Balaban J connectivity index is 2.15. The van der Waals surface area contributed by atoms with Crippen LogP contribution in [0.15, 0.2) is 39.2 Å². The monoisotopic (exact) mass is 361 g/mol. The molecule has 0 aliphatic rings. The van der Waals surface area contributed by atoms with Gasteiger partial charge in [-0.1, -0.05) is 0 Å². The van der Waals surface area contributed by atoms with Crippen molar-refractivity contribution in [2.45, 2.75) is 19.6 Å². The van der Waals surface area contributed by atoms with E-state index in [1.165, 1.54) is 6.07 Å². The minimum absolute atomic E-state index is 0.0758. The quantitative estimate of drug-likeness (QED) is 0.885. The molecule has 0 aliphatic heterocycles. The topological polar surface area (TPSA) is 42.2 Å². The third kappa shape index (κ3) is 3.87. The summed E-state index contributed by atoms with van der Waals surface area (Å²) in [7, 11) is 0. The molecule has 0 unspecified atom stereocenters. The predicted molar refractivity (Wildman–Crippen MR) is 73.8 cm³/mol. The number of carbonyl (C=O) groups excluding carboxylic acids is 1. The highest BCUT2D eigenvalue weighted by Gasteiger charge is 2.31. The van der Waals surface area contributed by atoms with Crippen LogP contribution < -0.4 is 5.32 Å². The Hall–Kier alpha value is -1.76. The maximum atomic E-state index is 12.7. The predicted octanol–water partition coefficient (Wildman–Crippen LogP) is 4.30. The van der Waals surface area contributed by atoms with E-state index < -0.39 is 17.6 Å². The summed E-state index contributed by atoms with van der Waals surface area (Å²) in [4.78, 5) is 12.0. The molecule has 1 aromatic carbocycles. The zero-order chi connectivity index (χ0) is 15.6. The van der Waals surface area contributed by atoms with Crippen molar-refractivity contribution in [1.29, 1.82) is 0 Å². The number of hydrogen-bond acceptors (Lipinski definition) is 2. The molecule has 0 radical (unpaired) electrons. The highest BCUT2D eigenvalue weighted by Crippen LogP contribution is 2.31. The molecule has 0 bridgehead atoms. The third-order valence-corrected chi connectivity index (χ3v) is 3.45. The molecule has 2 aromatic rings. The minimum atomic E-state index is -4.49. The lowest BCUT2D eigenvalue weighted by Crippen LogP contribution is -2.23. The molecule has 0 aliphatic carbocycles. The van der Waals surface area contributed by atoms with Gasteiger partial charge in [0.2, 0.25) is 0 Å². The number of benzene rings is 1. The van der Waals surface area contributed by atoms with Crippen molar-refractivity contribution in [2.24, 2.45) is 0 Å². The summed E-state index contributed by atoms with van der Waals surface area (Å²) in [5.74, 6) is 0.616. The standard InChI is InChI=1S/C14H11BrF3NO2/c1-8-2-4-10(21-8)7-19-13(20)11-6-9(14(16,17)18)3-5-12(11)15/h2-6H,7H2,1H3,(H,19,20). The number of carbonyl (C=O) groups is 1. The number of nitrogens with one attached hydrogen (secondary N) is 1. The van der Waals surface area contributed by atoms with Crippen LogP contribution in [0.25, 0.3) is 0 Å². The summed E-state index contributed by atoms with van der Waals surface area (Å²) in [6.45, 7) is 1.87. The smallest absolute Gasteiger partial charge is 0.416 e. The van der Waals surface area contributed by atoms with Crippen molar-refractivity contribution >= 4 is 21.8 Å². The first kappa shape index (κ1) is 15.6. The average molecular weight is 362 g/mol. The van der Waals surface area contributed by atoms with E-state index in [1.807, 2.05) is 0 Å². The van der Waals surface area contributed by atoms with Crippen molar-refractivity contribution in [1.82, 2.24) is 5.32 Å². The van der Waals surface area contributed by atoms with Crippen molar-refractivity contribution in [2.75, 3.05) is 0 Å². The summed E-state index contributed by atoms with van der Waals surface area (Å²) in [5, 5.41) is 2.52. The van der Waals surface area contributed by atoms with Crippen LogP contribution in [-0.2, 0) is 12.7 Å². The van der Waals surface area contributed by atoms with Crippen molar-refractivity contribution in [3.8, 4) is 0 Å². The molecule has 21 heavy (non-hydrogen) atoms. The normalized spacial score (nSPS) is 11.5. The van der Waals surface area contributed by atoms with E-state index in [1.54, 1.807) is 19.1 Å². The molecule has 7 heteroatoms. The Kier molecular flexibility index (Phi) is 4.41. The Labute approximate surface area is 127 Å². The molecule has 112 valence electrons. The second-order valence-corrected chi connectivity index (χ2v) is 5.24. The summed E-state index contributed by atoms with van der Waals surface area (Å²) < 4.78 is 43.5. The van der Waals surface area contributed by atoms with E-state index in [0.717, 1.165) is 12.1 Å². The second-order valence-electron chi connectivity index (χ2n) is 4.39. The molecular formula is C14H11BrF3NO2. The lowest BCUT2D eigenvalue weighted by atomic mass is 10.1. The molecule has 1 amide bonds. The minimum Gasteiger partial charge on any atom is -0.465 e. The number of hydrogen-bond donors (Lipinski definition) is 1. The van der Waals surface area contributed by atoms with Gasteiger partial charge in [-0.3, -0.25) is 4.79 Å². The highest BCUT2D eigenvalue weighted by molar-refractivity contribution is 9.10. The van der Waals surface area contributed by atoms with Gasteiger partial charge in [-0.15, -0.1) is 0 Å². The SMILES string of the molecule is Cc1ccc(CNC(=O)c2cc(C(F)(F)F)ccc2Br)o1. The fraction of sp³-hybridized carbons (Fsp3) is 0.214. The van der Waals surface area contributed by atoms with Crippen LogP contribution in [0.1, 0.15) is 27.4 Å². The van der Waals surface area contributed by atoms with Gasteiger partial charge in [0.05, 0.1) is 17.7 Å². The number of furan rings is 1. The van der Waals surface area contributed by atoms with Gasteiger partial charge in [0.1, 0.15) is 11.5 Å². The lowest BCUT2D eigenvalue weighted by molar-refractivity contribution is -0.137. The highest BCUT2D eigenvalue weighted by atomic mass is 79.9. The van der Waals surface area contributed by atoms with Gasteiger partial charge >= 0.3 is 6.18 Å². The van der Waals surface area contributed by atoms with Gasteiger partial charge < -0.3 is 9.73 Å². The number of amides is 1. The van der Waals surface area contributed by atoms with Crippen molar-refractivity contribution < 1.29 is 22.4 Å². The molecule has 1 heterocycles. The van der Waals surface area contributed by atoms with Crippen LogP contribution in [-0.4, -0.2) is 5.91 Å². The number of aryl methyl sites for hydroxylation is 1. The van der Waals surface area contributed by atoms with Gasteiger partial charge in [-0.05, 0) is 53.2 Å². The Bertz CT molecular complexity index is 664. The number of halogens is 4. The first-order valence-corrected chi connectivity index (χ1v) is 6.77. The maximum absolute atomic E-state index is 12.7. The van der Waals surface area contributed by atoms with Crippen molar-refractivity contribution in [3.05, 3.63) is 57.5 Å². The molecule has 3 nitrogen and oxygen atoms in total. The molecule has 1 aromatic heterocycles. The van der Waals surface area contributed by atoms with Crippen LogP contribution in [0.3, 0.4) is 0 Å². The third-order valence-electron chi connectivity index (χ3n) is 2.76. The Morgan fingerprint density at radius 3 is 2.57 bits per heavy atom. The van der Waals surface area contributed by atoms with Gasteiger partial charge in [-0.25, -0.2) is 0 Å². The molecule has 0 saturated carbocycles. The molecular weight excluding hydrogens is 351 g/mol. The molecule has 0 fully saturated rings. The van der Waals surface area contributed by atoms with Crippen LogP contribution in [0.5, 0.6) is 0 Å². The summed E-state index contributed by atoms with van der Waals surface area (Å²) in [6.07, 6.45) is -4.49. The zero-order valence-corrected chi connectivity index (χ0v) is 12.5. The van der Waals surface area contributed by atoms with E-state index in [-0.39, 0.29) is 12.1 Å². The molecule has 0 spiro atoms. The van der Waals surface area contributed by atoms with Gasteiger partial charge in [0.15, 0.2) is 0 Å². The van der Waals surface area contributed by atoms with Gasteiger partial charge in [0, 0.05) is 4.47 Å². The van der Waals surface area contributed by atoms with Gasteiger partial charge in [-0.2, -0.15) is 13.2 Å². The Morgan fingerprint density at radius 1 is 1.29 bits per heavy atom. The maximum Gasteiger partial charge on any atom is 0.416 e. The van der Waals surface area contributed by atoms with Crippen LogP contribution >= 0.6 is 15.9 Å². The molecule has 2 rings (SSSR count). The molecule has 0 saturated heterocycles. The van der Waals surface area contributed by atoms with Crippen LogP contribution in [0, 0.1) is 6.92 Å². The number of rotatable bonds is 3. The fourth-order valence-corrected chi connectivity index (χ4v) is 2.15. The first-order chi connectivity index (χ1) is 9.77. The number of alkyl halides is 3. The van der Waals surface area contributed by atoms with E-state index in [4.69, 9.17) is 4.42 Å². The van der Waals surface area contributed by atoms with Crippen LogP contribution in [0.4, 0.5) is 13.2 Å². The average Bonchev–Trinajstić information content (AvgIpc) is 2.81. The summed E-state index contributed by atoms with van der Waals surface area (Å²) in [6, 6.07) is 6.36. The molecule has 1 N–H and O–H groups in total. The summed E-state index contributed by atoms with van der Waals surface area (Å²) >= 11 is 3.08. The van der Waals surface area contributed by atoms with Crippen molar-refractivity contribution in [3.63, 3.8) is 0 Å². The van der Waals surface area contributed by atoms with E-state index >= 15 is 0 Å². The summed E-state index contributed by atoms with van der Waals surface area (Å²) in [5.41, 5.74) is -0.946. The van der Waals surface area contributed by atoms with Gasteiger partial charge in [0.25, 0.3) is 5.91 Å². The molecule has 0 atom stereocenters. The van der Waals surface area contributed by atoms with E-state index in [9.17, 15) is 18.0 Å². The second kappa shape index (κ2) is 5.93. The first-order valence-electron chi connectivity index (χ1n) is 5.97. The fourth-order valence-electron chi connectivity index (χ4n) is 1.72. The lowest BCUT2D eigenvalue weighted by Gasteiger charge is -2.10. The van der Waals surface area contributed by atoms with E-state index in [0.29, 0.717) is 16.0 Å². The largest absolute Gasteiger partial charge is 0.465 e.